The first-order chi connectivity index (χ1) is 16.5. The van der Waals surface area contributed by atoms with Crippen LogP contribution in [0, 0.1) is 0 Å². The van der Waals surface area contributed by atoms with E-state index in [1.54, 1.807) is 30.6 Å². The van der Waals surface area contributed by atoms with Gasteiger partial charge in [-0.3, -0.25) is 4.72 Å². The zero-order chi connectivity index (χ0) is 23.3. The Morgan fingerprint density at radius 1 is 1.00 bits per heavy atom. The van der Waals surface area contributed by atoms with Crippen LogP contribution >= 0.6 is 0 Å². The number of ether oxygens (including phenoxy) is 1. The molecule has 2 heterocycles. The summed E-state index contributed by atoms with van der Waals surface area (Å²) in [6.07, 6.45) is 8.13. The monoisotopic (exact) mass is 475 g/mol. The summed E-state index contributed by atoms with van der Waals surface area (Å²) in [6, 6.07) is 15.7. The van der Waals surface area contributed by atoms with E-state index in [1.807, 2.05) is 30.3 Å². The van der Waals surface area contributed by atoms with Gasteiger partial charge in [0.15, 0.2) is 0 Å². The average molecular weight is 476 g/mol. The molecule has 0 atom stereocenters. The lowest BCUT2D eigenvalue weighted by Crippen LogP contribution is -2.18. The van der Waals surface area contributed by atoms with E-state index in [9.17, 15) is 8.42 Å². The van der Waals surface area contributed by atoms with E-state index in [1.165, 1.54) is 6.42 Å². The van der Waals surface area contributed by atoms with Crippen molar-refractivity contribution < 1.29 is 13.2 Å². The predicted molar refractivity (Wildman–Crippen MR) is 132 cm³/mol. The average Bonchev–Trinajstić information content (AvgIpc) is 3.62. The lowest BCUT2D eigenvalue weighted by molar-refractivity contribution is 0.324. The minimum atomic E-state index is -3.30. The molecule has 8 nitrogen and oxygen atoms in total. The van der Waals surface area contributed by atoms with Crippen LogP contribution in [-0.2, 0) is 10.0 Å². The molecule has 0 radical (unpaired) electrons. The second kappa shape index (κ2) is 8.02. The second-order valence-electron chi connectivity index (χ2n) is 8.95. The summed E-state index contributed by atoms with van der Waals surface area (Å²) in [7, 11) is -3.30. The molecular weight excluding hydrogens is 450 g/mol. The molecule has 0 unspecified atom stereocenters. The van der Waals surface area contributed by atoms with Gasteiger partial charge in [0.2, 0.25) is 10.0 Å². The smallest absolute Gasteiger partial charge is 0.321 e. The van der Waals surface area contributed by atoms with Crippen LogP contribution in [0.3, 0.4) is 0 Å². The van der Waals surface area contributed by atoms with Gasteiger partial charge in [0, 0.05) is 35.1 Å². The van der Waals surface area contributed by atoms with Gasteiger partial charge in [-0.2, -0.15) is 0 Å². The summed E-state index contributed by atoms with van der Waals surface area (Å²) < 4.78 is 35.4. The van der Waals surface area contributed by atoms with Gasteiger partial charge >= 0.3 is 6.01 Å². The molecule has 0 saturated heterocycles. The number of fused-ring (bicyclic) bond motifs is 1. The van der Waals surface area contributed by atoms with Gasteiger partial charge in [-0.05, 0) is 68.5 Å². The molecule has 6 rings (SSSR count). The highest BCUT2D eigenvalue weighted by Gasteiger charge is 2.35. The number of nitrogens with zero attached hydrogens (tertiary/aromatic N) is 3. The normalized spacial score (nSPS) is 16.4. The van der Waals surface area contributed by atoms with E-state index in [0.29, 0.717) is 23.2 Å². The number of hydrogen-bond donors (Lipinski definition) is 2. The molecule has 174 valence electrons. The Hall–Kier alpha value is -3.59. The van der Waals surface area contributed by atoms with E-state index in [2.05, 4.69) is 19.3 Å². The number of nitrogens with one attached hydrogen (secondary N) is 1. The molecule has 2 fully saturated rings. The molecule has 2 saturated carbocycles. The molecule has 2 aromatic carbocycles. The molecule has 3 N–H and O–H groups in total. The van der Waals surface area contributed by atoms with Crippen LogP contribution in [0.4, 0.5) is 11.4 Å². The first-order valence-corrected chi connectivity index (χ1v) is 13.0. The van der Waals surface area contributed by atoms with Crippen molar-refractivity contribution in [3.05, 3.63) is 60.9 Å². The van der Waals surface area contributed by atoms with Gasteiger partial charge < -0.3 is 15.0 Å². The third-order valence-electron chi connectivity index (χ3n) is 6.59. The van der Waals surface area contributed by atoms with Gasteiger partial charge in [0.05, 0.1) is 22.1 Å². The number of rotatable bonds is 7. The standard InChI is InChI=1S/C25H25N5O3S/c26-23-21-15-19(33-25-27-13-2-14-28-25)9-12-22(21)30(18-3-1-4-18)24(23)16-5-7-17(8-6-16)29-34(31,32)20-10-11-20/h2,5-9,12-15,18,20,29H,1,3-4,10-11,26H2. The van der Waals surface area contributed by atoms with Crippen molar-refractivity contribution >= 4 is 32.3 Å². The van der Waals surface area contributed by atoms with Crippen LogP contribution in [0.1, 0.15) is 38.1 Å². The van der Waals surface area contributed by atoms with Crippen LogP contribution in [0.5, 0.6) is 11.8 Å². The first-order valence-electron chi connectivity index (χ1n) is 11.5. The first kappa shape index (κ1) is 21.0. The second-order valence-corrected chi connectivity index (χ2v) is 10.9. The van der Waals surface area contributed by atoms with Crippen LogP contribution in [0.15, 0.2) is 60.9 Å². The largest absolute Gasteiger partial charge is 0.424 e. The molecule has 34 heavy (non-hydrogen) atoms. The van der Waals surface area contributed by atoms with Crippen molar-refractivity contribution in [3.63, 3.8) is 0 Å². The third kappa shape index (κ3) is 3.75. The molecule has 0 amide bonds. The van der Waals surface area contributed by atoms with Crippen molar-refractivity contribution in [2.75, 3.05) is 10.5 Å². The third-order valence-corrected chi connectivity index (χ3v) is 8.46. The maximum atomic E-state index is 12.3. The van der Waals surface area contributed by atoms with E-state index >= 15 is 0 Å². The van der Waals surface area contributed by atoms with Crippen molar-refractivity contribution in [1.29, 1.82) is 0 Å². The zero-order valence-corrected chi connectivity index (χ0v) is 19.3. The summed E-state index contributed by atoms with van der Waals surface area (Å²) in [6.45, 7) is 0. The molecule has 2 aliphatic rings. The summed E-state index contributed by atoms with van der Waals surface area (Å²) in [5, 5.41) is 0.649. The van der Waals surface area contributed by atoms with E-state index in [-0.39, 0.29) is 11.3 Å². The van der Waals surface area contributed by atoms with Crippen molar-refractivity contribution in [2.24, 2.45) is 0 Å². The number of benzene rings is 2. The van der Waals surface area contributed by atoms with Gasteiger partial charge in [-0.1, -0.05) is 12.1 Å². The molecule has 0 aliphatic heterocycles. The Kier molecular flexibility index (Phi) is 4.95. The molecule has 0 bridgehead atoms. The highest BCUT2D eigenvalue weighted by molar-refractivity contribution is 7.93. The Balaban J connectivity index is 1.39. The maximum absolute atomic E-state index is 12.3. The Labute approximate surface area is 197 Å². The number of sulfonamides is 1. The van der Waals surface area contributed by atoms with Gasteiger partial charge in [-0.15, -0.1) is 0 Å². The maximum Gasteiger partial charge on any atom is 0.321 e. The van der Waals surface area contributed by atoms with Crippen molar-refractivity contribution in [1.82, 2.24) is 14.5 Å². The predicted octanol–water partition coefficient (Wildman–Crippen LogP) is 5.10. The van der Waals surface area contributed by atoms with E-state index in [0.717, 1.165) is 47.8 Å². The minimum Gasteiger partial charge on any atom is -0.424 e. The highest BCUT2D eigenvalue weighted by atomic mass is 32.2. The van der Waals surface area contributed by atoms with Crippen LogP contribution in [-0.4, -0.2) is 28.2 Å². The topological polar surface area (TPSA) is 112 Å². The minimum absolute atomic E-state index is 0.262. The number of anilines is 2. The fraction of sp³-hybridized carbons (Fsp3) is 0.280. The molecule has 0 spiro atoms. The Bertz CT molecular complexity index is 1460. The van der Waals surface area contributed by atoms with E-state index < -0.39 is 10.0 Å². The lowest BCUT2D eigenvalue weighted by atomic mass is 9.92. The van der Waals surface area contributed by atoms with E-state index in [4.69, 9.17) is 10.5 Å². The van der Waals surface area contributed by atoms with Crippen LogP contribution < -0.4 is 15.2 Å². The quantitative estimate of drug-likeness (QED) is 0.384. The molecule has 2 aromatic heterocycles. The number of nitrogen functional groups attached to an aromatic ring is 1. The fourth-order valence-electron chi connectivity index (χ4n) is 4.47. The van der Waals surface area contributed by atoms with Gasteiger partial charge in [0.25, 0.3) is 0 Å². The molecular formula is C25H25N5O3S. The Morgan fingerprint density at radius 2 is 1.74 bits per heavy atom. The molecule has 9 heteroatoms. The lowest BCUT2D eigenvalue weighted by Gasteiger charge is -2.30. The van der Waals surface area contributed by atoms with Gasteiger partial charge in [0.1, 0.15) is 5.75 Å². The van der Waals surface area contributed by atoms with Crippen molar-refractivity contribution in [2.45, 2.75) is 43.4 Å². The number of aromatic nitrogens is 3. The zero-order valence-electron chi connectivity index (χ0n) is 18.5. The van der Waals surface area contributed by atoms with Crippen molar-refractivity contribution in [3.8, 4) is 23.0 Å². The summed E-state index contributed by atoms with van der Waals surface area (Å²) >= 11 is 0. The summed E-state index contributed by atoms with van der Waals surface area (Å²) in [5.74, 6) is 0.618. The highest BCUT2D eigenvalue weighted by Crippen LogP contribution is 2.45. The van der Waals surface area contributed by atoms with Crippen LogP contribution in [0.2, 0.25) is 0 Å². The summed E-state index contributed by atoms with van der Waals surface area (Å²) in [5.41, 5.74) is 10.9. The molecule has 4 aromatic rings. The SMILES string of the molecule is Nc1c(-c2ccc(NS(=O)(=O)C3CC3)cc2)n(C2CCC2)c2ccc(Oc3ncccn3)cc12. The Morgan fingerprint density at radius 3 is 2.38 bits per heavy atom. The van der Waals surface area contributed by atoms with Gasteiger partial charge in [-0.25, -0.2) is 18.4 Å². The number of nitrogens with two attached hydrogens (primary N) is 1. The fourth-order valence-corrected chi connectivity index (χ4v) is 5.85. The van der Waals surface area contributed by atoms with Crippen LogP contribution in [0.25, 0.3) is 22.2 Å². The molecule has 2 aliphatic carbocycles. The summed E-state index contributed by atoms with van der Waals surface area (Å²) in [4.78, 5) is 8.25. The number of hydrogen-bond acceptors (Lipinski definition) is 6.